The van der Waals surface area contributed by atoms with Crippen molar-refractivity contribution < 1.29 is 9.21 Å². The Kier molecular flexibility index (Phi) is 5.33. The first kappa shape index (κ1) is 18.4. The first-order valence-corrected chi connectivity index (χ1v) is 9.27. The predicted molar refractivity (Wildman–Crippen MR) is 111 cm³/mol. The highest BCUT2D eigenvalue weighted by molar-refractivity contribution is 5.89. The Morgan fingerprint density at radius 3 is 2.21 bits per heavy atom. The van der Waals surface area contributed by atoms with Crippen LogP contribution in [0.25, 0.3) is 11.5 Å². The van der Waals surface area contributed by atoms with Crippen LogP contribution in [0.2, 0.25) is 0 Å². The van der Waals surface area contributed by atoms with E-state index in [1.54, 1.807) is 0 Å². The molecule has 4 aromatic rings. The standard InChI is InChI=1S/C23H20N4O2/c1-16-12-14-19(15-13-16)24-23(28)25-20(17-8-4-2-5-9-17)22-27-26-21(29-22)18-10-6-3-7-11-18/h2-15,20H,1H3,(H2,24,25,28). The molecule has 0 radical (unpaired) electrons. The predicted octanol–water partition coefficient (Wildman–Crippen LogP) is 4.96. The molecule has 6 heteroatoms. The Balaban J connectivity index is 1.58. The fourth-order valence-corrected chi connectivity index (χ4v) is 2.92. The highest BCUT2D eigenvalue weighted by atomic mass is 16.4. The Morgan fingerprint density at radius 1 is 0.862 bits per heavy atom. The second-order valence-corrected chi connectivity index (χ2v) is 6.62. The molecule has 3 aromatic carbocycles. The van der Waals surface area contributed by atoms with Crippen molar-refractivity contribution in [1.29, 1.82) is 0 Å². The van der Waals surface area contributed by atoms with Gasteiger partial charge in [-0.05, 0) is 36.8 Å². The Morgan fingerprint density at radius 2 is 1.52 bits per heavy atom. The van der Waals surface area contributed by atoms with Crippen LogP contribution in [0.4, 0.5) is 10.5 Å². The van der Waals surface area contributed by atoms with Crippen LogP contribution in [-0.2, 0) is 0 Å². The maximum atomic E-state index is 12.6. The zero-order valence-corrected chi connectivity index (χ0v) is 15.9. The number of amides is 2. The molecule has 1 aromatic heterocycles. The van der Waals surface area contributed by atoms with Gasteiger partial charge in [0.15, 0.2) is 0 Å². The van der Waals surface area contributed by atoms with Gasteiger partial charge in [-0.3, -0.25) is 0 Å². The summed E-state index contributed by atoms with van der Waals surface area (Å²) in [4.78, 5) is 12.6. The van der Waals surface area contributed by atoms with E-state index >= 15 is 0 Å². The number of urea groups is 1. The van der Waals surface area contributed by atoms with Gasteiger partial charge in [0, 0.05) is 11.3 Å². The largest absolute Gasteiger partial charge is 0.418 e. The summed E-state index contributed by atoms with van der Waals surface area (Å²) in [6.45, 7) is 2.00. The number of benzene rings is 3. The summed E-state index contributed by atoms with van der Waals surface area (Å²) >= 11 is 0. The zero-order chi connectivity index (χ0) is 20.1. The number of aromatic nitrogens is 2. The lowest BCUT2D eigenvalue weighted by Gasteiger charge is -2.16. The molecule has 4 rings (SSSR count). The van der Waals surface area contributed by atoms with E-state index in [9.17, 15) is 4.79 Å². The third kappa shape index (κ3) is 4.50. The number of carbonyl (C=O) groups excluding carboxylic acids is 1. The van der Waals surface area contributed by atoms with Crippen molar-refractivity contribution in [2.24, 2.45) is 0 Å². The van der Waals surface area contributed by atoms with Gasteiger partial charge in [-0.2, -0.15) is 0 Å². The monoisotopic (exact) mass is 384 g/mol. The van der Waals surface area contributed by atoms with Crippen LogP contribution >= 0.6 is 0 Å². The number of hydrogen-bond acceptors (Lipinski definition) is 4. The van der Waals surface area contributed by atoms with Gasteiger partial charge in [0.05, 0.1) is 0 Å². The number of carbonyl (C=O) groups is 1. The lowest BCUT2D eigenvalue weighted by atomic mass is 10.1. The fourth-order valence-electron chi connectivity index (χ4n) is 2.92. The molecule has 0 aliphatic rings. The first-order valence-electron chi connectivity index (χ1n) is 9.27. The summed E-state index contributed by atoms with van der Waals surface area (Å²) in [5.41, 5.74) is 3.49. The highest BCUT2D eigenvalue weighted by Crippen LogP contribution is 2.25. The van der Waals surface area contributed by atoms with Crippen molar-refractivity contribution in [2.45, 2.75) is 13.0 Å². The molecule has 2 N–H and O–H groups in total. The van der Waals surface area contributed by atoms with Crippen molar-refractivity contribution in [2.75, 3.05) is 5.32 Å². The van der Waals surface area contributed by atoms with E-state index in [0.29, 0.717) is 17.5 Å². The molecule has 29 heavy (non-hydrogen) atoms. The van der Waals surface area contributed by atoms with Crippen LogP contribution < -0.4 is 10.6 Å². The minimum Gasteiger partial charge on any atom is -0.418 e. The van der Waals surface area contributed by atoms with Gasteiger partial charge in [0.2, 0.25) is 11.8 Å². The van der Waals surface area contributed by atoms with E-state index < -0.39 is 6.04 Å². The van der Waals surface area contributed by atoms with Gasteiger partial charge in [0.25, 0.3) is 0 Å². The number of aryl methyl sites for hydroxylation is 1. The molecule has 1 heterocycles. The molecule has 0 aliphatic heterocycles. The minimum atomic E-state index is -0.577. The molecule has 144 valence electrons. The number of hydrogen-bond donors (Lipinski definition) is 2. The quantitative estimate of drug-likeness (QED) is 0.510. The van der Waals surface area contributed by atoms with E-state index in [0.717, 1.165) is 16.7 Å². The molecular formula is C23H20N4O2. The average molecular weight is 384 g/mol. The maximum absolute atomic E-state index is 12.6. The molecule has 0 fully saturated rings. The summed E-state index contributed by atoms with van der Waals surface area (Å²) in [6.07, 6.45) is 0. The number of rotatable bonds is 5. The summed E-state index contributed by atoms with van der Waals surface area (Å²) in [5, 5.41) is 14.1. The van der Waals surface area contributed by atoms with Crippen LogP contribution in [0, 0.1) is 6.92 Å². The van der Waals surface area contributed by atoms with E-state index in [2.05, 4.69) is 20.8 Å². The van der Waals surface area contributed by atoms with E-state index in [1.165, 1.54) is 0 Å². The highest BCUT2D eigenvalue weighted by Gasteiger charge is 2.23. The van der Waals surface area contributed by atoms with Crippen molar-refractivity contribution in [3.05, 3.63) is 102 Å². The number of anilines is 1. The van der Waals surface area contributed by atoms with Crippen molar-refractivity contribution >= 4 is 11.7 Å². The van der Waals surface area contributed by atoms with E-state index in [-0.39, 0.29) is 6.03 Å². The molecule has 0 aliphatic carbocycles. The summed E-state index contributed by atoms with van der Waals surface area (Å²) in [6, 6.07) is 25.7. The number of nitrogens with one attached hydrogen (secondary N) is 2. The molecule has 1 unspecified atom stereocenters. The van der Waals surface area contributed by atoms with Gasteiger partial charge in [-0.1, -0.05) is 66.2 Å². The molecule has 6 nitrogen and oxygen atoms in total. The van der Waals surface area contributed by atoms with Gasteiger partial charge in [-0.25, -0.2) is 4.79 Å². The molecule has 0 saturated heterocycles. The zero-order valence-electron chi connectivity index (χ0n) is 15.9. The van der Waals surface area contributed by atoms with Gasteiger partial charge in [0.1, 0.15) is 6.04 Å². The van der Waals surface area contributed by atoms with Gasteiger partial charge >= 0.3 is 6.03 Å². The third-order valence-corrected chi connectivity index (χ3v) is 4.43. The normalized spacial score (nSPS) is 11.6. The smallest absolute Gasteiger partial charge is 0.320 e. The number of nitrogens with zero attached hydrogens (tertiary/aromatic N) is 2. The lowest BCUT2D eigenvalue weighted by Crippen LogP contribution is -2.33. The van der Waals surface area contributed by atoms with Gasteiger partial charge in [-0.15, -0.1) is 10.2 Å². The maximum Gasteiger partial charge on any atom is 0.320 e. The third-order valence-electron chi connectivity index (χ3n) is 4.43. The lowest BCUT2D eigenvalue weighted by molar-refractivity contribution is 0.248. The average Bonchev–Trinajstić information content (AvgIpc) is 3.25. The van der Waals surface area contributed by atoms with Crippen LogP contribution in [-0.4, -0.2) is 16.2 Å². The molecule has 0 saturated carbocycles. The first-order chi connectivity index (χ1) is 14.2. The van der Waals surface area contributed by atoms with Crippen molar-refractivity contribution in [3.63, 3.8) is 0 Å². The molecular weight excluding hydrogens is 364 g/mol. The Bertz CT molecular complexity index is 1080. The topological polar surface area (TPSA) is 80.0 Å². The SMILES string of the molecule is Cc1ccc(NC(=O)NC(c2ccccc2)c2nnc(-c3ccccc3)o2)cc1. The van der Waals surface area contributed by atoms with Crippen LogP contribution in [0.1, 0.15) is 23.1 Å². The van der Waals surface area contributed by atoms with Crippen LogP contribution in [0.5, 0.6) is 0 Å². The summed E-state index contributed by atoms with van der Waals surface area (Å²) in [7, 11) is 0. The second-order valence-electron chi connectivity index (χ2n) is 6.62. The van der Waals surface area contributed by atoms with Crippen LogP contribution in [0.3, 0.4) is 0 Å². The minimum absolute atomic E-state index is 0.314. The second kappa shape index (κ2) is 8.39. The molecule has 0 spiro atoms. The van der Waals surface area contributed by atoms with Gasteiger partial charge < -0.3 is 15.1 Å². The van der Waals surface area contributed by atoms with Crippen LogP contribution in [0.15, 0.2) is 89.3 Å². The molecule has 2 amide bonds. The van der Waals surface area contributed by atoms with Crippen molar-refractivity contribution in [3.8, 4) is 11.5 Å². The Labute approximate surface area is 168 Å². The molecule has 1 atom stereocenters. The molecule has 0 bridgehead atoms. The summed E-state index contributed by atoms with van der Waals surface area (Å²) < 4.78 is 5.89. The van der Waals surface area contributed by atoms with E-state index in [1.807, 2.05) is 91.9 Å². The Hall–Kier alpha value is -3.93. The van der Waals surface area contributed by atoms with Crippen molar-refractivity contribution in [1.82, 2.24) is 15.5 Å². The fraction of sp³-hybridized carbons (Fsp3) is 0.0870. The summed E-state index contributed by atoms with van der Waals surface area (Å²) in [5.74, 6) is 0.719. The van der Waals surface area contributed by atoms with E-state index in [4.69, 9.17) is 4.42 Å².